The molecule has 2 aliphatic rings. The molecule has 1 amide bonds. The number of nitrogens with zero attached hydrogens (tertiary/aromatic N) is 4. The highest BCUT2D eigenvalue weighted by molar-refractivity contribution is 7.89. The molecule has 2 N–H and O–H groups in total. The molecule has 1 aromatic rings. The average Bonchev–Trinajstić information content (AvgIpc) is 2.87. The van der Waals surface area contributed by atoms with Crippen LogP contribution in [0.5, 0.6) is 0 Å². The van der Waals surface area contributed by atoms with E-state index in [4.69, 9.17) is 9.90 Å². The first-order chi connectivity index (χ1) is 18.1. The third-order valence-electron chi connectivity index (χ3n) is 6.96. The van der Waals surface area contributed by atoms with Crippen LogP contribution in [0.2, 0.25) is 0 Å². The lowest BCUT2D eigenvalue weighted by molar-refractivity contribution is -0.192. The van der Waals surface area contributed by atoms with Crippen LogP contribution in [0.4, 0.5) is 13.2 Å². The smallest absolute Gasteiger partial charge is 0.475 e. The minimum atomic E-state index is -5.08. The number of likely N-dealkylation sites (N-methyl/N-ethyl adjacent to an activating group) is 1. The topological polar surface area (TPSA) is 113 Å². The van der Waals surface area contributed by atoms with E-state index in [1.54, 1.807) is 6.07 Å². The molecule has 2 heterocycles. The molecule has 0 atom stereocenters. The van der Waals surface area contributed by atoms with Crippen LogP contribution in [0.15, 0.2) is 17.0 Å². The van der Waals surface area contributed by atoms with Crippen LogP contribution >= 0.6 is 0 Å². The monoisotopic (exact) mass is 579 g/mol. The number of sulfonamides is 1. The second-order valence-electron chi connectivity index (χ2n) is 9.93. The molecule has 3 rings (SSSR count). The van der Waals surface area contributed by atoms with E-state index in [1.165, 1.54) is 4.31 Å². The molecular formula is C25H40F3N5O5S. The van der Waals surface area contributed by atoms with Crippen molar-refractivity contribution in [1.82, 2.24) is 24.3 Å². The van der Waals surface area contributed by atoms with Crippen molar-refractivity contribution in [2.24, 2.45) is 0 Å². The number of aryl methyl sites for hydroxylation is 3. The summed E-state index contributed by atoms with van der Waals surface area (Å²) >= 11 is 0. The number of hydrogen-bond acceptors (Lipinski definition) is 7. The van der Waals surface area contributed by atoms with E-state index in [-0.39, 0.29) is 18.9 Å². The van der Waals surface area contributed by atoms with Gasteiger partial charge in [0.25, 0.3) is 0 Å². The highest BCUT2D eigenvalue weighted by atomic mass is 32.2. The number of nitrogens with one attached hydrogen (secondary N) is 1. The van der Waals surface area contributed by atoms with Gasteiger partial charge >= 0.3 is 12.1 Å². The van der Waals surface area contributed by atoms with E-state index in [2.05, 4.69) is 22.2 Å². The highest BCUT2D eigenvalue weighted by Crippen LogP contribution is 2.24. The first-order valence-corrected chi connectivity index (χ1v) is 14.3. The number of rotatable bonds is 8. The number of carbonyl (C=O) groups excluding carboxylic acids is 1. The highest BCUT2D eigenvalue weighted by Gasteiger charge is 2.38. The molecule has 0 saturated carbocycles. The number of alkyl halides is 3. The fourth-order valence-electron chi connectivity index (χ4n) is 4.32. The summed E-state index contributed by atoms with van der Waals surface area (Å²) in [6.07, 6.45) is -4.87. The minimum absolute atomic E-state index is 0.0307. The molecule has 2 saturated heterocycles. The van der Waals surface area contributed by atoms with E-state index in [0.29, 0.717) is 31.1 Å². The first kappa shape index (κ1) is 32.9. The molecule has 222 valence electrons. The van der Waals surface area contributed by atoms with Gasteiger partial charge in [-0.1, -0.05) is 6.07 Å². The second kappa shape index (κ2) is 14.4. The van der Waals surface area contributed by atoms with E-state index in [0.717, 1.165) is 56.0 Å². The summed E-state index contributed by atoms with van der Waals surface area (Å²) in [6.45, 7) is 13.9. The summed E-state index contributed by atoms with van der Waals surface area (Å²) in [7, 11) is -1.59. The van der Waals surface area contributed by atoms with Crippen LogP contribution in [0, 0.1) is 20.8 Å². The van der Waals surface area contributed by atoms with Crippen LogP contribution in [0.25, 0.3) is 0 Å². The van der Waals surface area contributed by atoms with Gasteiger partial charge in [-0.15, -0.1) is 0 Å². The number of carboxylic acid groups (broad SMARTS) is 1. The van der Waals surface area contributed by atoms with Crippen molar-refractivity contribution >= 4 is 21.9 Å². The first-order valence-electron chi connectivity index (χ1n) is 12.9. The summed E-state index contributed by atoms with van der Waals surface area (Å²) in [5, 5.41) is 10.4. The van der Waals surface area contributed by atoms with E-state index >= 15 is 0 Å². The summed E-state index contributed by atoms with van der Waals surface area (Å²) < 4.78 is 60.7. The zero-order valence-corrected chi connectivity index (χ0v) is 23.9. The lowest BCUT2D eigenvalue weighted by Crippen LogP contribution is -2.49. The van der Waals surface area contributed by atoms with Gasteiger partial charge in [0, 0.05) is 78.4 Å². The molecule has 2 aliphatic heterocycles. The Morgan fingerprint density at radius 1 is 0.949 bits per heavy atom. The second-order valence-corrected chi connectivity index (χ2v) is 11.8. The van der Waals surface area contributed by atoms with Gasteiger partial charge in [-0.2, -0.15) is 17.5 Å². The van der Waals surface area contributed by atoms with Crippen LogP contribution in [0.1, 0.15) is 23.1 Å². The number of halogens is 3. The maximum absolute atomic E-state index is 13.7. The minimum Gasteiger partial charge on any atom is -0.475 e. The Kier molecular flexibility index (Phi) is 12.2. The molecule has 2 fully saturated rings. The molecule has 0 aromatic heterocycles. The summed E-state index contributed by atoms with van der Waals surface area (Å²) in [4.78, 5) is 28.4. The number of piperazine rings is 2. The van der Waals surface area contributed by atoms with Gasteiger partial charge in [-0.25, -0.2) is 13.2 Å². The van der Waals surface area contributed by atoms with E-state index in [1.807, 2.05) is 31.7 Å². The molecule has 1 aromatic carbocycles. The zero-order valence-electron chi connectivity index (χ0n) is 23.1. The van der Waals surface area contributed by atoms with Crippen molar-refractivity contribution in [2.75, 3.05) is 79.0 Å². The number of carboxylic acids is 1. The summed E-state index contributed by atoms with van der Waals surface area (Å²) in [6, 6.07) is 3.72. The lowest BCUT2D eigenvalue weighted by atomic mass is 10.1. The van der Waals surface area contributed by atoms with Gasteiger partial charge in [-0.3, -0.25) is 9.69 Å². The van der Waals surface area contributed by atoms with Gasteiger partial charge in [0.1, 0.15) is 0 Å². The number of aliphatic carboxylic acids is 1. The lowest BCUT2D eigenvalue weighted by Gasteiger charge is -2.34. The fourth-order valence-corrected chi connectivity index (χ4v) is 6.04. The molecule has 0 unspecified atom stereocenters. The Bertz CT molecular complexity index is 1090. The summed E-state index contributed by atoms with van der Waals surface area (Å²) in [5.74, 6) is -2.73. The van der Waals surface area contributed by atoms with Crippen LogP contribution in [-0.2, 0) is 19.6 Å². The van der Waals surface area contributed by atoms with Gasteiger partial charge in [0.05, 0.1) is 4.90 Å². The molecule has 14 heteroatoms. The van der Waals surface area contributed by atoms with E-state index in [9.17, 15) is 26.4 Å². The Balaban J connectivity index is 0.000000673. The Morgan fingerprint density at radius 2 is 1.49 bits per heavy atom. The van der Waals surface area contributed by atoms with Crippen LogP contribution in [-0.4, -0.2) is 130 Å². The predicted molar refractivity (Wildman–Crippen MR) is 141 cm³/mol. The molecule has 39 heavy (non-hydrogen) atoms. The SMILES string of the molecule is Cc1cc(C)c(S(=O)(=O)N(CCC(=O)N2CCNCC2)CCN2CCN(C)CC2)cc1C.O=C(O)C(F)(F)F. The molecule has 0 aliphatic carbocycles. The van der Waals surface area contributed by atoms with Crippen molar-refractivity contribution in [3.63, 3.8) is 0 Å². The van der Waals surface area contributed by atoms with Crippen molar-refractivity contribution in [2.45, 2.75) is 38.3 Å². The third-order valence-corrected chi connectivity index (χ3v) is 9.00. The normalized spacial score (nSPS) is 17.6. The molecule has 0 spiro atoms. The standard InChI is InChI=1S/C23H39N5O3S.C2HF3O2/c1-19-17-21(3)22(18-20(19)2)32(30,31)28(16-15-26-13-11-25(4)12-14-26)8-5-23(29)27-9-6-24-7-10-27;3-2(4,5)1(6)7/h17-18,24H,5-16H2,1-4H3;(H,6,7). The van der Waals surface area contributed by atoms with Crippen molar-refractivity contribution in [3.8, 4) is 0 Å². The largest absolute Gasteiger partial charge is 0.490 e. The maximum Gasteiger partial charge on any atom is 0.490 e. The molecule has 10 nitrogen and oxygen atoms in total. The number of benzene rings is 1. The van der Waals surface area contributed by atoms with Gasteiger partial charge in [-0.05, 0) is 50.6 Å². The predicted octanol–water partition coefficient (Wildman–Crippen LogP) is 1.31. The Hall–Kier alpha value is -2.26. The average molecular weight is 580 g/mol. The number of carbonyl (C=O) groups is 2. The van der Waals surface area contributed by atoms with Gasteiger partial charge < -0.3 is 20.2 Å². The van der Waals surface area contributed by atoms with E-state index < -0.39 is 22.2 Å². The van der Waals surface area contributed by atoms with Crippen molar-refractivity contribution in [3.05, 3.63) is 28.8 Å². The summed E-state index contributed by atoms with van der Waals surface area (Å²) in [5.41, 5.74) is 2.80. The maximum atomic E-state index is 13.7. The van der Waals surface area contributed by atoms with Crippen LogP contribution < -0.4 is 5.32 Å². The van der Waals surface area contributed by atoms with Crippen molar-refractivity contribution < 1.29 is 36.3 Å². The van der Waals surface area contributed by atoms with Crippen LogP contribution in [0.3, 0.4) is 0 Å². The molecule has 0 bridgehead atoms. The van der Waals surface area contributed by atoms with Crippen molar-refractivity contribution in [1.29, 1.82) is 0 Å². The number of amides is 1. The Labute approximate surface area is 228 Å². The molecular weight excluding hydrogens is 539 g/mol. The number of hydrogen-bond donors (Lipinski definition) is 2. The quantitative estimate of drug-likeness (QED) is 0.474. The van der Waals surface area contributed by atoms with Gasteiger partial charge in [0.15, 0.2) is 0 Å². The zero-order chi connectivity index (χ0) is 29.4. The van der Waals surface area contributed by atoms with Gasteiger partial charge in [0.2, 0.25) is 15.9 Å². The third kappa shape index (κ3) is 10.0. The molecule has 0 radical (unpaired) electrons. The fraction of sp³-hybridized carbons (Fsp3) is 0.680. The Morgan fingerprint density at radius 3 is 2.03 bits per heavy atom.